The fourth-order valence-corrected chi connectivity index (χ4v) is 5.86. The molecule has 1 amide bonds. The van der Waals surface area contributed by atoms with E-state index in [0.717, 1.165) is 21.3 Å². The highest BCUT2D eigenvalue weighted by Crippen LogP contribution is 2.26. The zero-order chi connectivity index (χ0) is 22.7. The Morgan fingerprint density at radius 1 is 1.06 bits per heavy atom. The highest BCUT2D eigenvalue weighted by Gasteiger charge is 2.29. The Morgan fingerprint density at radius 2 is 1.72 bits per heavy atom. The summed E-state index contributed by atoms with van der Waals surface area (Å²) in [7, 11) is -3.51. The molecule has 0 spiro atoms. The molecule has 0 unspecified atom stereocenters. The van der Waals surface area contributed by atoms with Crippen LogP contribution in [-0.2, 0) is 14.8 Å². The summed E-state index contributed by atoms with van der Waals surface area (Å²) in [5, 5.41) is 5.31. The van der Waals surface area contributed by atoms with Gasteiger partial charge >= 0.3 is 0 Å². The van der Waals surface area contributed by atoms with Gasteiger partial charge in [-0.2, -0.15) is 4.31 Å². The number of halogens is 1. The predicted molar refractivity (Wildman–Crippen MR) is 130 cm³/mol. The number of aromatic nitrogens is 1. The number of sulfonamides is 1. The third-order valence-electron chi connectivity index (χ3n) is 5.25. The van der Waals surface area contributed by atoms with Gasteiger partial charge in [-0.1, -0.05) is 45.8 Å². The summed E-state index contributed by atoms with van der Waals surface area (Å²) < 4.78 is 28.1. The minimum Gasteiger partial charge on any atom is -0.301 e. The van der Waals surface area contributed by atoms with Gasteiger partial charge in [0.25, 0.3) is 0 Å². The summed E-state index contributed by atoms with van der Waals surface area (Å²) in [6.07, 6.45) is 0. The van der Waals surface area contributed by atoms with Crippen molar-refractivity contribution in [2.75, 3.05) is 38.0 Å². The second-order valence-corrected chi connectivity index (χ2v) is 11.3. The van der Waals surface area contributed by atoms with Crippen molar-refractivity contribution in [3.05, 3.63) is 63.9 Å². The summed E-state index contributed by atoms with van der Waals surface area (Å²) in [6.45, 7) is 3.84. The molecule has 2 heterocycles. The summed E-state index contributed by atoms with van der Waals surface area (Å²) in [6, 6.07) is 14.7. The van der Waals surface area contributed by atoms with E-state index in [1.54, 1.807) is 24.3 Å². The number of carbonyl (C=O) groups excluding carboxylic acids is 1. The number of hydrogen-bond acceptors (Lipinski definition) is 6. The van der Waals surface area contributed by atoms with Crippen LogP contribution in [0.15, 0.2) is 63.3 Å². The minimum absolute atomic E-state index is 0.156. The number of thiazole rings is 1. The second-order valence-electron chi connectivity index (χ2n) is 7.59. The molecule has 4 rings (SSSR count). The Bertz CT molecular complexity index is 1190. The lowest BCUT2D eigenvalue weighted by molar-refractivity contribution is -0.117. The molecule has 2 aromatic carbocycles. The van der Waals surface area contributed by atoms with E-state index in [1.807, 2.05) is 41.5 Å². The number of aryl methyl sites for hydroxylation is 1. The smallest absolute Gasteiger partial charge is 0.243 e. The highest BCUT2D eigenvalue weighted by molar-refractivity contribution is 9.10. The molecule has 0 bridgehead atoms. The number of amides is 1. The van der Waals surface area contributed by atoms with Crippen LogP contribution < -0.4 is 5.32 Å². The third-order valence-corrected chi connectivity index (χ3v) is 8.45. The zero-order valence-corrected chi connectivity index (χ0v) is 20.7. The summed E-state index contributed by atoms with van der Waals surface area (Å²) in [4.78, 5) is 19.2. The van der Waals surface area contributed by atoms with Gasteiger partial charge in [-0.05, 0) is 31.2 Å². The fourth-order valence-electron chi connectivity index (χ4n) is 3.43. The number of anilines is 1. The van der Waals surface area contributed by atoms with E-state index in [2.05, 4.69) is 26.2 Å². The van der Waals surface area contributed by atoms with E-state index < -0.39 is 10.0 Å². The van der Waals surface area contributed by atoms with Crippen LogP contribution in [0.1, 0.15) is 5.56 Å². The topological polar surface area (TPSA) is 82.6 Å². The molecule has 1 aliphatic rings. The van der Waals surface area contributed by atoms with Crippen molar-refractivity contribution in [2.45, 2.75) is 11.8 Å². The lowest BCUT2D eigenvalue weighted by Crippen LogP contribution is -2.50. The van der Waals surface area contributed by atoms with Crippen LogP contribution in [0.2, 0.25) is 0 Å². The maximum atomic E-state index is 12.8. The van der Waals surface area contributed by atoms with Crippen LogP contribution in [-0.4, -0.2) is 61.2 Å². The first-order valence-corrected chi connectivity index (χ1v) is 13.2. The van der Waals surface area contributed by atoms with Crippen molar-refractivity contribution >= 4 is 48.3 Å². The molecule has 1 fully saturated rings. The maximum Gasteiger partial charge on any atom is 0.243 e. The minimum atomic E-state index is -3.51. The molecular formula is C22H23BrN4O3S2. The molecule has 168 valence electrons. The molecule has 1 aromatic heterocycles. The van der Waals surface area contributed by atoms with E-state index in [0.29, 0.717) is 36.2 Å². The normalized spacial score (nSPS) is 15.6. The molecule has 1 saturated heterocycles. The lowest BCUT2D eigenvalue weighted by Gasteiger charge is -2.33. The SMILES string of the molecule is Cc1ccc(S(=O)(=O)N2CCN(CC(=O)Nc3nc(-c4ccc(Br)cc4)cs3)CC2)cc1. The first kappa shape index (κ1) is 23.1. The molecule has 0 atom stereocenters. The Kier molecular flexibility index (Phi) is 7.06. The predicted octanol–water partition coefficient (Wildman–Crippen LogP) is 3.83. The Labute approximate surface area is 200 Å². The largest absolute Gasteiger partial charge is 0.301 e. The Morgan fingerprint density at radius 3 is 2.38 bits per heavy atom. The molecule has 32 heavy (non-hydrogen) atoms. The third kappa shape index (κ3) is 5.44. The van der Waals surface area contributed by atoms with Crippen molar-refractivity contribution in [1.82, 2.24) is 14.2 Å². The number of nitrogens with zero attached hydrogens (tertiary/aromatic N) is 3. The molecular weight excluding hydrogens is 512 g/mol. The number of rotatable bonds is 6. The molecule has 10 heteroatoms. The lowest BCUT2D eigenvalue weighted by atomic mass is 10.2. The first-order chi connectivity index (χ1) is 15.3. The van der Waals surface area contributed by atoms with Crippen molar-refractivity contribution in [3.63, 3.8) is 0 Å². The number of nitrogens with one attached hydrogen (secondary N) is 1. The van der Waals surface area contributed by atoms with Gasteiger partial charge in [0.2, 0.25) is 15.9 Å². The molecule has 0 saturated carbocycles. The molecule has 1 N–H and O–H groups in total. The van der Waals surface area contributed by atoms with Gasteiger partial charge in [0.1, 0.15) is 0 Å². The molecule has 0 radical (unpaired) electrons. The van der Waals surface area contributed by atoms with Gasteiger partial charge in [-0.15, -0.1) is 11.3 Å². The Hall–Kier alpha value is -2.11. The quantitative estimate of drug-likeness (QED) is 0.519. The molecule has 7 nitrogen and oxygen atoms in total. The molecule has 1 aliphatic heterocycles. The van der Waals surface area contributed by atoms with Crippen LogP contribution in [0.25, 0.3) is 11.3 Å². The monoisotopic (exact) mass is 534 g/mol. The van der Waals surface area contributed by atoms with Gasteiger partial charge < -0.3 is 5.32 Å². The van der Waals surface area contributed by atoms with Crippen LogP contribution in [0.5, 0.6) is 0 Å². The number of piperazine rings is 1. The van der Waals surface area contributed by atoms with Gasteiger partial charge in [0.05, 0.1) is 17.1 Å². The second kappa shape index (κ2) is 9.80. The van der Waals surface area contributed by atoms with E-state index in [1.165, 1.54) is 15.6 Å². The number of carbonyl (C=O) groups is 1. The van der Waals surface area contributed by atoms with Gasteiger partial charge in [0, 0.05) is 41.6 Å². The zero-order valence-electron chi connectivity index (χ0n) is 17.5. The van der Waals surface area contributed by atoms with E-state index in [-0.39, 0.29) is 12.5 Å². The average Bonchev–Trinajstić information content (AvgIpc) is 3.23. The van der Waals surface area contributed by atoms with Crippen molar-refractivity contribution in [3.8, 4) is 11.3 Å². The number of benzene rings is 2. The van der Waals surface area contributed by atoms with Crippen LogP contribution in [0.4, 0.5) is 5.13 Å². The number of hydrogen-bond donors (Lipinski definition) is 1. The maximum absolute atomic E-state index is 12.8. The summed E-state index contributed by atoms with van der Waals surface area (Å²) >= 11 is 4.80. The van der Waals surface area contributed by atoms with Crippen molar-refractivity contribution < 1.29 is 13.2 Å². The fraction of sp³-hybridized carbons (Fsp3) is 0.273. The van der Waals surface area contributed by atoms with Crippen molar-refractivity contribution in [2.24, 2.45) is 0 Å². The van der Waals surface area contributed by atoms with Crippen LogP contribution in [0.3, 0.4) is 0 Å². The molecule has 3 aromatic rings. The van der Waals surface area contributed by atoms with Gasteiger partial charge in [-0.25, -0.2) is 13.4 Å². The summed E-state index contributed by atoms with van der Waals surface area (Å²) in [5.41, 5.74) is 2.81. The van der Waals surface area contributed by atoms with Crippen LogP contribution >= 0.6 is 27.3 Å². The Balaban J connectivity index is 1.29. The standard InChI is InChI=1S/C22H23BrN4O3S2/c1-16-2-8-19(9-3-16)32(29,30)27-12-10-26(11-13-27)14-21(28)25-22-24-20(15-31-22)17-4-6-18(23)7-5-17/h2-9,15H,10-14H2,1H3,(H,24,25,28). The first-order valence-electron chi connectivity index (χ1n) is 10.1. The van der Waals surface area contributed by atoms with E-state index in [9.17, 15) is 13.2 Å². The van der Waals surface area contributed by atoms with E-state index >= 15 is 0 Å². The van der Waals surface area contributed by atoms with Crippen molar-refractivity contribution in [1.29, 1.82) is 0 Å². The highest BCUT2D eigenvalue weighted by atomic mass is 79.9. The summed E-state index contributed by atoms with van der Waals surface area (Å²) in [5.74, 6) is -0.156. The van der Waals surface area contributed by atoms with Gasteiger partial charge in [0.15, 0.2) is 5.13 Å². The average molecular weight is 535 g/mol. The van der Waals surface area contributed by atoms with Crippen LogP contribution in [0, 0.1) is 6.92 Å². The van der Waals surface area contributed by atoms with Gasteiger partial charge in [-0.3, -0.25) is 9.69 Å². The molecule has 0 aliphatic carbocycles. The van der Waals surface area contributed by atoms with E-state index in [4.69, 9.17) is 0 Å².